The number of esters is 1. The van der Waals surface area contributed by atoms with Gasteiger partial charge in [-0.3, -0.25) is 4.79 Å². The molecule has 0 amide bonds. The fourth-order valence-electron chi connectivity index (χ4n) is 5.37. The van der Waals surface area contributed by atoms with Crippen molar-refractivity contribution in [3.05, 3.63) is 68.5 Å². The smallest absolute Gasteiger partial charge is 0.337 e. The van der Waals surface area contributed by atoms with Crippen molar-refractivity contribution in [2.24, 2.45) is 0 Å². The molecule has 1 N–H and O–H groups in total. The molecule has 2 aliphatic rings. The van der Waals surface area contributed by atoms with Gasteiger partial charge in [0.1, 0.15) is 0 Å². The van der Waals surface area contributed by atoms with Crippen LogP contribution in [0.15, 0.2) is 57.3 Å². The number of ether oxygens (including phenoxy) is 5. The molecular formula is C30H34BrNO7. The van der Waals surface area contributed by atoms with Crippen LogP contribution >= 0.6 is 15.9 Å². The zero-order valence-corrected chi connectivity index (χ0v) is 24.9. The molecule has 8 nitrogen and oxygen atoms in total. The number of benzene rings is 2. The van der Waals surface area contributed by atoms with Gasteiger partial charge in [-0.25, -0.2) is 4.79 Å². The molecule has 0 radical (unpaired) electrons. The van der Waals surface area contributed by atoms with Gasteiger partial charge in [-0.05, 0) is 84.4 Å². The lowest BCUT2D eigenvalue weighted by Crippen LogP contribution is -2.36. The Morgan fingerprint density at radius 2 is 1.59 bits per heavy atom. The quantitative estimate of drug-likeness (QED) is 0.381. The van der Waals surface area contributed by atoms with Gasteiger partial charge in [0.25, 0.3) is 0 Å². The number of allylic oxidation sites excluding steroid dienone is 3. The van der Waals surface area contributed by atoms with Gasteiger partial charge in [0, 0.05) is 29.3 Å². The maximum absolute atomic E-state index is 13.9. The fourth-order valence-corrected chi connectivity index (χ4v) is 5.99. The second kappa shape index (κ2) is 11.7. The van der Waals surface area contributed by atoms with Crippen molar-refractivity contribution < 1.29 is 33.3 Å². The number of carbonyl (C=O) groups is 2. The van der Waals surface area contributed by atoms with Crippen molar-refractivity contribution in [2.45, 2.75) is 51.6 Å². The molecule has 0 unspecified atom stereocenters. The maximum atomic E-state index is 13.9. The van der Waals surface area contributed by atoms with Gasteiger partial charge in [0.15, 0.2) is 28.8 Å². The van der Waals surface area contributed by atoms with Crippen LogP contribution in [0.2, 0.25) is 0 Å². The topological polar surface area (TPSA) is 92.3 Å². The molecule has 0 bridgehead atoms. The van der Waals surface area contributed by atoms with E-state index in [9.17, 15) is 9.59 Å². The fraction of sp³-hybridized carbons (Fsp3) is 0.400. The number of rotatable bonds is 8. The Bertz CT molecular complexity index is 1360. The summed E-state index contributed by atoms with van der Waals surface area (Å²) >= 11 is 3.57. The maximum Gasteiger partial charge on any atom is 0.337 e. The van der Waals surface area contributed by atoms with Crippen molar-refractivity contribution in [2.75, 3.05) is 28.4 Å². The molecule has 1 aliphatic carbocycles. The van der Waals surface area contributed by atoms with E-state index in [1.54, 1.807) is 42.3 Å². The average Bonchev–Trinajstić information content (AvgIpc) is 2.90. The van der Waals surface area contributed by atoms with Crippen LogP contribution in [0.4, 0.5) is 0 Å². The van der Waals surface area contributed by atoms with Crippen molar-refractivity contribution in [1.82, 2.24) is 5.32 Å². The van der Waals surface area contributed by atoms with Gasteiger partial charge in [-0.1, -0.05) is 6.07 Å². The minimum Gasteiger partial charge on any atom is -0.493 e. The Morgan fingerprint density at radius 3 is 2.21 bits per heavy atom. The van der Waals surface area contributed by atoms with Crippen LogP contribution in [-0.4, -0.2) is 46.3 Å². The Balaban J connectivity index is 1.84. The summed E-state index contributed by atoms with van der Waals surface area (Å²) in [6.45, 7) is 5.44. The largest absolute Gasteiger partial charge is 0.493 e. The number of halogens is 1. The van der Waals surface area contributed by atoms with Crippen LogP contribution in [0.25, 0.3) is 0 Å². The summed E-state index contributed by atoms with van der Waals surface area (Å²) < 4.78 is 28.2. The molecule has 1 aliphatic heterocycles. The van der Waals surface area contributed by atoms with Crippen LogP contribution in [0.3, 0.4) is 0 Å². The SMILES string of the molecule is COc1ccc([C@H]2CC(=O)C3=C(C2)NC(C)=C(C(=O)OC(C)C)[C@@H]3c2cc(Br)c(OC)c(OC)c2)cc1OC. The lowest BCUT2D eigenvalue weighted by molar-refractivity contribution is -0.143. The minimum absolute atomic E-state index is 0.0400. The number of carbonyl (C=O) groups excluding carboxylic acids is 2. The van der Waals surface area contributed by atoms with E-state index >= 15 is 0 Å². The van der Waals surface area contributed by atoms with Gasteiger partial charge in [0.05, 0.1) is 44.6 Å². The van der Waals surface area contributed by atoms with Crippen LogP contribution in [-0.2, 0) is 14.3 Å². The molecule has 9 heteroatoms. The summed E-state index contributed by atoms with van der Waals surface area (Å²) in [5.41, 5.74) is 4.11. The third-order valence-corrected chi connectivity index (χ3v) is 7.65. The highest BCUT2D eigenvalue weighted by molar-refractivity contribution is 9.10. The predicted octanol–water partition coefficient (Wildman–Crippen LogP) is 5.80. The minimum atomic E-state index is -0.637. The van der Waals surface area contributed by atoms with E-state index in [2.05, 4.69) is 21.2 Å². The van der Waals surface area contributed by atoms with Crippen LogP contribution in [0.5, 0.6) is 23.0 Å². The van der Waals surface area contributed by atoms with Gasteiger partial charge < -0.3 is 29.0 Å². The second-order valence-electron chi connectivity index (χ2n) is 9.82. The Kier molecular flexibility index (Phi) is 8.59. The van der Waals surface area contributed by atoms with Crippen LogP contribution < -0.4 is 24.3 Å². The first kappa shape index (κ1) is 28.5. The molecule has 2 atom stereocenters. The first-order valence-electron chi connectivity index (χ1n) is 12.7. The standard InChI is InChI=1S/C30H34BrNO7/c1-15(2)39-30(34)26-16(3)32-21-11-18(17-8-9-23(35-4)24(13-17)36-5)12-22(33)28(21)27(26)19-10-20(31)29(38-7)25(14-19)37-6/h8-10,13-15,18,27,32H,11-12H2,1-7H3/t18-,27+/m1/s1. The third-order valence-electron chi connectivity index (χ3n) is 7.06. The average molecular weight is 601 g/mol. The van der Waals surface area contributed by atoms with Crippen molar-refractivity contribution in [3.8, 4) is 23.0 Å². The van der Waals surface area contributed by atoms with Crippen molar-refractivity contribution in [3.63, 3.8) is 0 Å². The highest BCUT2D eigenvalue weighted by Crippen LogP contribution is 2.49. The molecule has 4 rings (SSSR count). The Hall–Kier alpha value is -3.46. The molecule has 0 spiro atoms. The van der Waals surface area contributed by atoms with E-state index in [4.69, 9.17) is 23.7 Å². The molecular weight excluding hydrogens is 566 g/mol. The summed E-state index contributed by atoms with van der Waals surface area (Å²) in [6, 6.07) is 9.42. The number of ketones is 1. The number of hydrogen-bond donors (Lipinski definition) is 1. The predicted molar refractivity (Wildman–Crippen MR) is 151 cm³/mol. The third kappa shape index (κ3) is 5.50. The van der Waals surface area contributed by atoms with Crippen molar-refractivity contribution in [1.29, 1.82) is 0 Å². The lowest BCUT2D eigenvalue weighted by atomic mass is 9.71. The zero-order chi connectivity index (χ0) is 28.4. The lowest BCUT2D eigenvalue weighted by Gasteiger charge is -2.37. The highest BCUT2D eigenvalue weighted by atomic mass is 79.9. The molecule has 1 heterocycles. The van der Waals surface area contributed by atoms with E-state index in [1.165, 1.54) is 0 Å². The highest BCUT2D eigenvalue weighted by Gasteiger charge is 2.42. The summed E-state index contributed by atoms with van der Waals surface area (Å²) in [5.74, 6) is 1.05. The van der Waals surface area contributed by atoms with E-state index in [0.29, 0.717) is 50.7 Å². The molecule has 39 heavy (non-hydrogen) atoms. The summed E-state index contributed by atoms with van der Waals surface area (Å²) in [5, 5.41) is 3.38. The normalized spacial score (nSPS) is 18.9. The first-order valence-corrected chi connectivity index (χ1v) is 13.5. The van der Waals surface area contributed by atoms with Gasteiger partial charge in [-0.2, -0.15) is 0 Å². The summed E-state index contributed by atoms with van der Waals surface area (Å²) in [4.78, 5) is 27.4. The number of dihydropyridines is 1. The molecule has 0 saturated heterocycles. The molecule has 0 saturated carbocycles. The number of nitrogens with one attached hydrogen (secondary N) is 1. The van der Waals surface area contributed by atoms with E-state index in [0.717, 1.165) is 16.8 Å². The van der Waals surface area contributed by atoms with Gasteiger partial charge in [-0.15, -0.1) is 0 Å². The monoisotopic (exact) mass is 599 g/mol. The molecule has 208 valence electrons. The van der Waals surface area contributed by atoms with Crippen molar-refractivity contribution >= 4 is 27.7 Å². The number of Topliss-reactive ketones (excluding diaryl/α,β-unsaturated/α-hetero) is 1. The molecule has 2 aromatic carbocycles. The van der Waals surface area contributed by atoms with E-state index in [1.807, 2.05) is 37.3 Å². The van der Waals surface area contributed by atoms with Crippen LogP contribution in [0.1, 0.15) is 56.6 Å². The molecule has 0 fully saturated rings. The molecule has 2 aromatic rings. The van der Waals surface area contributed by atoms with E-state index < -0.39 is 11.9 Å². The first-order chi connectivity index (χ1) is 18.6. The Labute approximate surface area is 237 Å². The zero-order valence-electron chi connectivity index (χ0n) is 23.3. The summed E-state index contributed by atoms with van der Waals surface area (Å²) in [7, 11) is 6.29. The molecule has 0 aromatic heterocycles. The van der Waals surface area contributed by atoms with Gasteiger partial charge in [0.2, 0.25) is 0 Å². The second-order valence-corrected chi connectivity index (χ2v) is 10.7. The number of methoxy groups -OCH3 is 4. The summed E-state index contributed by atoms with van der Waals surface area (Å²) in [6.07, 6.45) is 0.556. The van der Waals surface area contributed by atoms with E-state index in [-0.39, 0.29) is 24.2 Å². The Morgan fingerprint density at radius 1 is 0.923 bits per heavy atom. The van der Waals surface area contributed by atoms with Gasteiger partial charge >= 0.3 is 5.97 Å². The number of hydrogen-bond acceptors (Lipinski definition) is 8. The van der Waals surface area contributed by atoms with Crippen LogP contribution in [0, 0.1) is 0 Å².